The fourth-order valence-electron chi connectivity index (χ4n) is 3.63. The van der Waals surface area contributed by atoms with Gasteiger partial charge in [-0.25, -0.2) is 4.39 Å². The van der Waals surface area contributed by atoms with Crippen LogP contribution in [0.3, 0.4) is 0 Å². The van der Waals surface area contributed by atoms with Crippen molar-refractivity contribution >= 4 is 5.91 Å². The maximum absolute atomic E-state index is 14.3. The van der Waals surface area contributed by atoms with E-state index in [9.17, 15) is 19.6 Å². The second-order valence-electron chi connectivity index (χ2n) is 6.15. The number of hydrogen-bond donors (Lipinski definition) is 1. The van der Waals surface area contributed by atoms with E-state index >= 15 is 0 Å². The van der Waals surface area contributed by atoms with Gasteiger partial charge < -0.3 is 14.7 Å². The topological polar surface area (TPSA) is 73.6 Å². The molecule has 0 saturated carbocycles. The van der Waals surface area contributed by atoms with Gasteiger partial charge in [0.05, 0.1) is 18.7 Å². The van der Waals surface area contributed by atoms with Crippen LogP contribution in [0.15, 0.2) is 48.5 Å². The van der Waals surface area contributed by atoms with Crippen molar-refractivity contribution in [3.8, 4) is 17.2 Å². The maximum atomic E-state index is 14.3. The molecule has 1 aliphatic rings. The number of hydrogen-bond acceptors (Lipinski definition) is 4. The molecule has 6 heteroatoms. The summed E-state index contributed by atoms with van der Waals surface area (Å²) >= 11 is 0. The van der Waals surface area contributed by atoms with Gasteiger partial charge in [0, 0.05) is 18.6 Å². The van der Waals surface area contributed by atoms with Crippen molar-refractivity contribution in [3.05, 3.63) is 59.9 Å². The molecule has 26 heavy (non-hydrogen) atoms. The lowest BCUT2D eigenvalue weighted by Gasteiger charge is -2.52. The fraction of sp³-hybridized carbons (Fsp3) is 0.300. The largest absolute Gasteiger partial charge is 0.394 e. The van der Waals surface area contributed by atoms with Crippen LogP contribution in [-0.4, -0.2) is 48.3 Å². The first-order valence-corrected chi connectivity index (χ1v) is 8.28. The van der Waals surface area contributed by atoms with E-state index in [0.29, 0.717) is 11.1 Å². The molecule has 2 aromatic carbocycles. The van der Waals surface area contributed by atoms with Gasteiger partial charge in [0.25, 0.3) is 0 Å². The Kier molecular flexibility index (Phi) is 5.31. The third-order valence-corrected chi connectivity index (χ3v) is 4.77. The van der Waals surface area contributed by atoms with Crippen LogP contribution in [0.25, 0.3) is 11.1 Å². The van der Waals surface area contributed by atoms with E-state index in [2.05, 4.69) is 6.07 Å². The highest BCUT2D eigenvalue weighted by atomic mass is 19.1. The number of rotatable bonds is 5. The smallest absolute Gasteiger partial charge is 0.249 e. The first kappa shape index (κ1) is 18.1. The van der Waals surface area contributed by atoms with Crippen LogP contribution in [-0.2, 0) is 9.53 Å². The summed E-state index contributed by atoms with van der Waals surface area (Å²) in [7, 11) is 1.40. The van der Waals surface area contributed by atoms with E-state index in [1.165, 1.54) is 18.1 Å². The molecule has 0 bridgehead atoms. The zero-order valence-electron chi connectivity index (χ0n) is 14.3. The Bertz CT molecular complexity index is 849. The molecule has 0 unspecified atom stereocenters. The number of amides is 1. The zero-order chi connectivity index (χ0) is 18.7. The van der Waals surface area contributed by atoms with Crippen LogP contribution in [0.5, 0.6) is 0 Å². The molecule has 0 aromatic heterocycles. The predicted octanol–water partition coefficient (Wildman–Crippen LogP) is 2.32. The van der Waals surface area contributed by atoms with Crippen LogP contribution < -0.4 is 0 Å². The Morgan fingerprint density at radius 3 is 2.50 bits per heavy atom. The highest BCUT2D eigenvalue weighted by Crippen LogP contribution is 2.44. The van der Waals surface area contributed by atoms with Gasteiger partial charge >= 0.3 is 0 Å². The van der Waals surface area contributed by atoms with E-state index in [1.54, 1.807) is 30.3 Å². The standard InChI is InChI=1S/C20H19FN2O3/c1-26-12-19(25)23-17(10-22)20(18(23)11-24)15-8-3-2-6-13(15)14-7-4-5-9-16(14)21/h2-9,17-18,20,24H,11-12H2,1H3/t17-,18-,20-/m0/s1. The molecule has 1 fully saturated rings. The number of carbonyl (C=O) groups is 1. The van der Waals surface area contributed by atoms with Gasteiger partial charge in [-0.15, -0.1) is 0 Å². The minimum Gasteiger partial charge on any atom is -0.394 e. The summed E-state index contributed by atoms with van der Waals surface area (Å²) in [4.78, 5) is 13.6. The first-order chi connectivity index (χ1) is 12.6. The number of nitrogens with zero attached hydrogens (tertiary/aromatic N) is 2. The molecule has 0 spiro atoms. The highest BCUT2D eigenvalue weighted by molar-refractivity contribution is 5.81. The molecule has 0 aliphatic carbocycles. The van der Waals surface area contributed by atoms with Crippen LogP contribution in [0.4, 0.5) is 4.39 Å². The molecule has 5 nitrogen and oxygen atoms in total. The number of benzene rings is 2. The van der Waals surface area contributed by atoms with Gasteiger partial charge in [0.2, 0.25) is 5.91 Å². The molecule has 1 N–H and O–H groups in total. The Labute approximate surface area is 151 Å². The molecule has 1 heterocycles. The fourth-order valence-corrected chi connectivity index (χ4v) is 3.63. The van der Waals surface area contributed by atoms with Crippen LogP contribution >= 0.6 is 0 Å². The zero-order valence-corrected chi connectivity index (χ0v) is 14.3. The number of likely N-dealkylation sites (tertiary alicyclic amines) is 1. The van der Waals surface area contributed by atoms with Gasteiger partial charge in [-0.05, 0) is 17.2 Å². The third kappa shape index (κ3) is 2.96. The van der Waals surface area contributed by atoms with Crippen molar-refractivity contribution in [2.45, 2.75) is 18.0 Å². The van der Waals surface area contributed by atoms with Crippen LogP contribution in [0.1, 0.15) is 11.5 Å². The monoisotopic (exact) mass is 354 g/mol. The summed E-state index contributed by atoms with van der Waals surface area (Å²) in [6.07, 6.45) is 0. The van der Waals surface area contributed by atoms with Crippen molar-refractivity contribution in [2.75, 3.05) is 20.3 Å². The molecule has 134 valence electrons. The van der Waals surface area contributed by atoms with Crippen molar-refractivity contribution in [1.82, 2.24) is 4.90 Å². The molecule has 3 rings (SSSR count). The number of halogens is 1. The quantitative estimate of drug-likeness (QED) is 0.894. The second-order valence-corrected chi connectivity index (χ2v) is 6.15. The third-order valence-electron chi connectivity index (χ3n) is 4.77. The summed E-state index contributed by atoms with van der Waals surface area (Å²) in [6.45, 7) is -0.444. The molecule has 1 aliphatic heterocycles. The van der Waals surface area contributed by atoms with Crippen molar-refractivity contribution in [2.24, 2.45) is 0 Å². The summed E-state index contributed by atoms with van der Waals surface area (Å²) in [5.41, 5.74) is 1.83. The number of carbonyl (C=O) groups excluding carboxylic acids is 1. The Balaban J connectivity index is 2.03. The molecule has 1 amide bonds. The average molecular weight is 354 g/mol. The SMILES string of the molecule is COCC(=O)N1[C@@H](C#N)[C@H](c2ccccc2-c2ccccc2F)[C@@H]1CO. The number of methoxy groups -OCH3 is 1. The molecular formula is C20H19FN2O3. The summed E-state index contributed by atoms with van der Waals surface area (Å²) in [5.74, 6) is -1.11. The lowest BCUT2D eigenvalue weighted by molar-refractivity contribution is -0.150. The van der Waals surface area contributed by atoms with Gasteiger partial charge in [-0.3, -0.25) is 4.79 Å². The number of nitriles is 1. The molecule has 0 radical (unpaired) electrons. The van der Waals surface area contributed by atoms with Crippen molar-refractivity contribution in [3.63, 3.8) is 0 Å². The number of aliphatic hydroxyl groups is 1. The average Bonchev–Trinajstić information content (AvgIpc) is 2.63. The Morgan fingerprint density at radius 1 is 1.23 bits per heavy atom. The molecular weight excluding hydrogens is 335 g/mol. The number of aliphatic hydroxyl groups excluding tert-OH is 1. The van der Waals surface area contributed by atoms with E-state index in [-0.39, 0.29) is 24.9 Å². The first-order valence-electron chi connectivity index (χ1n) is 8.28. The van der Waals surface area contributed by atoms with Gasteiger partial charge in [-0.2, -0.15) is 5.26 Å². The summed E-state index contributed by atoms with van der Waals surface area (Å²) < 4.78 is 19.2. The lowest BCUT2D eigenvalue weighted by Crippen LogP contribution is -2.66. The predicted molar refractivity (Wildman–Crippen MR) is 93.6 cm³/mol. The van der Waals surface area contributed by atoms with E-state index in [0.717, 1.165) is 5.56 Å². The minimum atomic E-state index is -0.734. The van der Waals surface area contributed by atoms with E-state index < -0.39 is 18.0 Å². The lowest BCUT2D eigenvalue weighted by atomic mass is 9.73. The van der Waals surface area contributed by atoms with Crippen molar-refractivity contribution in [1.29, 1.82) is 5.26 Å². The van der Waals surface area contributed by atoms with Crippen molar-refractivity contribution < 1.29 is 19.0 Å². The Hall–Kier alpha value is -2.75. The van der Waals surface area contributed by atoms with Gasteiger partial charge in [0.15, 0.2) is 0 Å². The summed E-state index contributed by atoms with van der Waals surface area (Å²) in [5, 5.41) is 19.4. The minimum absolute atomic E-state index is 0.156. The van der Waals surface area contributed by atoms with Gasteiger partial charge in [-0.1, -0.05) is 42.5 Å². The number of ether oxygens (including phenoxy) is 1. The summed E-state index contributed by atoms with van der Waals surface area (Å²) in [6, 6.07) is 14.5. The van der Waals surface area contributed by atoms with E-state index in [4.69, 9.17) is 4.74 Å². The van der Waals surface area contributed by atoms with Gasteiger partial charge in [0.1, 0.15) is 18.5 Å². The molecule has 2 aromatic rings. The Morgan fingerprint density at radius 2 is 1.88 bits per heavy atom. The molecule has 1 saturated heterocycles. The van der Waals surface area contributed by atoms with Crippen LogP contribution in [0, 0.1) is 17.1 Å². The second kappa shape index (κ2) is 7.65. The van der Waals surface area contributed by atoms with Crippen LogP contribution in [0.2, 0.25) is 0 Å². The maximum Gasteiger partial charge on any atom is 0.249 e. The molecule has 3 atom stereocenters. The normalized spacial score (nSPS) is 21.8. The highest BCUT2D eigenvalue weighted by Gasteiger charge is 2.52. The van der Waals surface area contributed by atoms with E-state index in [1.807, 2.05) is 12.1 Å².